The van der Waals surface area contributed by atoms with Gasteiger partial charge >= 0.3 is 18.2 Å². The SMILES string of the molecule is COC(=O)/C=C(\c1ccc(C(F)(F)F)cc1)n1ccc2cc(OCCc3ccc4c(n3)N(C(=O)O)CCC4)ccc21. The Kier molecular flexibility index (Phi) is 7.69. The molecule has 0 spiro atoms. The van der Waals surface area contributed by atoms with Gasteiger partial charge in [0.2, 0.25) is 0 Å². The molecule has 5 rings (SSSR count). The number of alkyl halides is 3. The second kappa shape index (κ2) is 11.4. The largest absolute Gasteiger partial charge is 0.493 e. The zero-order valence-electron chi connectivity index (χ0n) is 22.0. The quantitative estimate of drug-likeness (QED) is 0.213. The van der Waals surface area contributed by atoms with Gasteiger partial charge in [-0.15, -0.1) is 0 Å². The molecule has 41 heavy (non-hydrogen) atoms. The molecule has 3 heterocycles. The van der Waals surface area contributed by atoms with Crippen LogP contribution < -0.4 is 9.64 Å². The van der Waals surface area contributed by atoms with E-state index in [2.05, 4.69) is 4.98 Å². The molecular formula is C30H26F3N3O5. The summed E-state index contributed by atoms with van der Waals surface area (Å²) in [5.74, 6) is 0.422. The average Bonchev–Trinajstić information content (AvgIpc) is 3.38. The lowest BCUT2D eigenvalue weighted by Gasteiger charge is -2.26. The topological polar surface area (TPSA) is 93.9 Å². The summed E-state index contributed by atoms with van der Waals surface area (Å²) in [6.07, 6.45) is -0.531. The molecule has 1 aliphatic rings. The van der Waals surface area contributed by atoms with Gasteiger partial charge in [-0.25, -0.2) is 14.6 Å². The Labute approximate surface area is 233 Å². The van der Waals surface area contributed by atoms with Crippen molar-refractivity contribution in [1.29, 1.82) is 0 Å². The van der Waals surface area contributed by atoms with Gasteiger partial charge in [-0.05, 0) is 66.4 Å². The highest BCUT2D eigenvalue weighted by Crippen LogP contribution is 2.32. The lowest BCUT2D eigenvalue weighted by Crippen LogP contribution is -2.35. The number of hydrogen-bond donors (Lipinski definition) is 1. The van der Waals surface area contributed by atoms with Gasteiger partial charge in [-0.1, -0.05) is 18.2 Å². The van der Waals surface area contributed by atoms with Crippen LogP contribution in [-0.2, 0) is 28.5 Å². The number of ether oxygens (including phenoxy) is 2. The molecule has 0 saturated heterocycles. The molecule has 1 aliphatic heterocycles. The molecule has 1 N–H and O–H groups in total. The van der Waals surface area contributed by atoms with Crippen LogP contribution in [0.25, 0.3) is 16.6 Å². The number of amides is 1. The second-order valence-electron chi connectivity index (χ2n) is 9.46. The van der Waals surface area contributed by atoms with Crippen LogP contribution in [0.2, 0.25) is 0 Å². The van der Waals surface area contributed by atoms with E-state index in [1.54, 1.807) is 22.9 Å². The molecular weight excluding hydrogens is 539 g/mol. The van der Waals surface area contributed by atoms with E-state index in [0.29, 0.717) is 47.9 Å². The van der Waals surface area contributed by atoms with Crippen molar-refractivity contribution in [3.8, 4) is 5.75 Å². The van der Waals surface area contributed by atoms with E-state index >= 15 is 0 Å². The number of carboxylic acid groups (broad SMARTS) is 1. The first kappa shape index (κ1) is 27.8. The Hall–Kier alpha value is -4.80. The lowest BCUT2D eigenvalue weighted by molar-refractivity contribution is -0.137. The maximum atomic E-state index is 13.1. The number of aryl methyl sites for hydroxylation is 1. The third-order valence-corrected chi connectivity index (χ3v) is 6.84. The van der Waals surface area contributed by atoms with Crippen LogP contribution in [0.3, 0.4) is 0 Å². The molecule has 8 nitrogen and oxygen atoms in total. The molecule has 0 radical (unpaired) electrons. The number of anilines is 1. The van der Waals surface area contributed by atoms with Crippen LogP contribution >= 0.6 is 0 Å². The maximum absolute atomic E-state index is 13.1. The van der Waals surface area contributed by atoms with Crippen molar-refractivity contribution in [3.05, 3.63) is 95.3 Å². The fraction of sp³-hybridized carbons (Fsp3) is 0.233. The number of fused-ring (bicyclic) bond motifs is 2. The summed E-state index contributed by atoms with van der Waals surface area (Å²) >= 11 is 0. The number of carbonyl (C=O) groups excluding carboxylic acids is 1. The maximum Gasteiger partial charge on any atom is 0.416 e. The Bertz CT molecular complexity index is 1630. The predicted octanol–water partition coefficient (Wildman–Crippen LogP) is 6.17. The molecule has 2 aromatic carbocycles. The van der Waals surface area contributed by atoms with E-state index in [-0.39, 0.29) is 0 Å². The van der Waals surface area contributed by atoms with Gasteiger partial charge in [0.05, 0.1) is 30.5 Å². The highest BCUT2D eigenvalue weighted by Gasteiger charge is 2.30. The predicted molar refractivity (Wildman–Crippen MR) is 146 cm³/mol. The molecule has 0 fully saturated rings. The normalized spacial score (nSPS) is 13.7. The summed E-state index contributed by atoms with van der Waals surface area (Å²) in [4.78, 5) is 29.5. The van der Waals surface area contributed by atoms with Gasteiger partial charge < -0.3 is 19.1 Å². The van der Waals surface area contributed by atoms with Crippen molar-refractivity contribution in [3.63, 3.8) is 0 Å². The number of benzene rings is 2. The van der Waals surface area contributed by atoms with E-state index in [1.807, 2.05) is 24.3 Å². The molecule has 0 atom stereocenters. The van der Waals surface area contributed by atoms with Gasteiger partial charge in [0.1, 0.15) is 11.6 Å². The van der Waals surface area contributed by atoms with Crippen molar-refractivity contribution in [1.82, 2.24) is 9.55 Å². The van der Waals surface area contributed by atoms with Crippen LogP contribution in [0.4, 0.5) is 23.8 Å². The third-order valence-electron chi connectivity index (χ3n) is 6.84. The van der Waals surface area contributed by atoms with Gasteiger partial charge in [0, 0.05) is 36.3 Å². The van der Waals surface area contributed by atoms with Crippen LogP contribution in [0.5, 0.6) is 5.75 Å². The van der Waals surface area contributed by atoms with Gasteiger partial charge in [0.15, 0.2) is 0 Å². The summed E-state index contributed by atoms with van der Waals surface area (Å²) in [5, 5.41) is 10.3. The number of hydrogen-bond acceptors (Lipinski definition) is 5. The van der Waals surface area contributed by atoms with Crippen LogP contribution in [0, 0.1) is 0 Å². The number of nitrogens with zero attached hydrogens (tertiary/aromatic N) is 3. The van der Waals surface area contributed by atoms with Crippen molar-refractivity contribution in [2.75, 3.05) is 25.2 Å². The molecule has 2 aromatic heterocycles. The number of esters is 1. The van der Waals surface area contributed by atoms with Crippen LogP contribution in [0.15, 0.2) is 72.9 Å². The van der Waals surface area contributed by atoms with Gasteiger partial charge in [0.25, 0.3) is 0 Å². The molecule has 4 aromatic rings. The third kappa shape index (κ3) is 6.03. The Balaban J connectivity index is 1.34. The van der Waals surface area contributed by atoms with Crippen molar-refractivity contribution in [2.24, 2.45) is 0 Å². The number of pyridine rings is 1. The minimum atomic E-state index is -4.48. The molecule has 0 bridgehead atoms. The summed E-state index contributed by atoms with van der Waals surface area (Å²) in [6, 6.07) is 15.5. The van der Waals surface area contributed by atoms with Crippen molar-refractivity contribution in [2.45, 2.75) is 25.4 Å². The summed E-state index contributed by atoms with van der Waals surface area (Å²) in [5.41, 5.74) is 2.30. The minimum absolute atomic E-state index is 0.310. The minimum Gasteiger partial charge on any atom is -0.493 e. The molecule has 212 valence electrons. The Morgan fingerprint density at radius 3 is 2.56 bits per heavy atom. The first-order valence-electron chi connectivity index (χ1n) is 12.8. The van der Waals surface area contributed by atoms with E-state index in [4.69, 9.17) is 9.47 Å². The summed E-state index contributed by atoms with van der Waals surface area (Å²) in [6.45, 7) is 0.731. The smallest absolute Gasteiger partial charge is 0.416 e. The van der Waals surface area contributed by atoms with Crippen LogP contribution in [0.1, 0.15) is 28.8 Å². The van der Waals surface area contributed by atoms with Gasteiger partial charge in [-0.2, -0.15) is 13.2 Å². The lowest BCUT2D eigenvalue weighted by atomic mass is 10.1. The molecule has 0 unspecified atom stereocenters. The first-order chi connectivity index (χ1) is 19.6. The Morgan fingerprint density at radius 2 is 1.85 bits per heavy atom. The zero-order valence-corrected chi connectivity index (χ0v) is 22.0. The van der Waals surface area contributed by atoms with Crippen molar-refractivity contribution < 1.29 is 37.3 Å². The molecule has 0 saturated carbocycles. The number of halogens is 3. The fourth-order valence-corrected chi connectivity index (χ4v) is 4.79. The second-order valence-corrected chi connectivity index (χ2v) is 9.46. The zero-order chi connectivity index (χ0) is 29.1. The number of carbonyl (C=O) groups is 2. The van der Waals surface area contributed by atoms with Gasteiger partial charge in [-0.3, -0.25) is 4.90 Å². The standard InChI is InChI=1S/C30H26F3N3O5/c1-40-27(37)18-26(19-4-7-22(8-5-19)30(31,32)33)35-15-12-21-17-24(10-11-25(21)35)41-16-13-23-9-6-20-3-2-14-36(29(38)39)28(20)34-23/h4-12,15,17-18H,2-3,13-14,16H2,1H3,(H,38,39)/b26-18+. The fourth-order valence-electron chi connectivity index (χ4n) is 4.79. The monoisotopic (exact) mass is 565 g/mol. The molecule has 1 amide bonds. The number of rotatable bonds is 7. The summed E-state index contributed by atoms with van der Waals surface area (Å²) < 4.78 is 51.6. The van der Waals surface area contributed by atoms with E-state index < -0.39 is 23.8 Å². The Morgan fingerprint density at radius 1 is 1.07 bits per heavy atom. The van der Waals surface area contributed by atoms with Crippen LogP contribution in [-0.4, -0.2) is 47.0 Å². The summed E-state index contributed by atoms with van der Waals surface area (Å²) in [7, 11) is 1.22. The average molecular weight is 566 g/mol. The molecule has 11 heteroatoms. The highest BCUT2D eigenvalue weighted by atomic mass is 19.4. The number of aromatic nitrogens is 2. The van der Waals surface area contributed by atoms with E-state index in [9.17, 15) is 27.9 Å². The number of methoxy groups -OCH3 is 1. The molecule has 0 aliphatic carbocycles. The first-order valence-corrected chi connectivity index (χ1v) is 12.8. The van der Waals surface area contributed by atoms with E-state index in [1.165, 1.54) is 30.2 Å². The van der Waals surface area contributed by atoms with E-state index in [0.717, 1.165) is 41.6 Å². The van der Waals surface area contributed by atoms with Crippen molar-refractivity contribution >= 4 is 34.5 Å². The highest BCUT2D eigenvalue weighted by molar-refractivity contribution is 5.95.